The molecule has 7 nitrogen and oxygen atoms in total. The summed E-state index contributed by atoms with van der Waals surface area (Å²) in [6, 6.07) is 8.67. The number of nitrogens with zero attached hydrogens (tertiary/aromatic N) is 5. The molecule has 2 aromatic heterocycles. The van der Waals surface area contributed by atoms with Gasteiger partial charge in [-0.3, -0.25) is 4.79 Å². The van der Waals surface area contributed by atoms with Crippen LogP contribution in [0.1, 0.15) is 32.6 Å². The van der Waals surface area contributed by atoms with Crippen molar-refractivity contribution in [2.24, 2.45) is 13.0 Å². The van der Waals surface area contributed by atoms with Gasteiger partial charge in [0.25, 0.3) is 5.56 Å². The Balaban J connectivity index is 1.52. The first-order chi connectivity index (χ1) is 15.4. The van der Waals surface area contributed by atoms with Crippen LogP contribution in [0.2, 0.25) is 0 Å². The highest BCUT2D eigenvalue weighted by molar-refractivity contribution is 5.72. The number of alkyl halides is 1. The SMILES string of the molecule is CC[C@@H]1C[C@@H](N(C)c2cnc(-c3ccc(-c4ccn(C)c(=O)c4)cc3O)nn2)CC[C@@H]1F. The van der Waals surface area contributed by atoms with Crippen molar-refractivity contribution in [2.75, 3.05) is 11.9 Å². The molecule has 2 heterocycles. The zero-order chi connectivity index (χ0) is 22.8. The van der Waals surface area contributed by atoms with Crippen LogP contribution >= 0.6 is 0 Å². The highest BCUT2D eigenvalue weighted by Crippen LogP contribution is 2.34. The van der Waals surface area contributed by atoms with Gasteiger partial charge in [-0.2, -0.15) is 0 Å². The van der Waals surface area contributed by atoms with Gasteiger partial charge in [0.2, 0.25) is 0 Å². The van der Waals surface area contributed by atoms with Gasteiger partial charge in [0.05, 0.1) is 11.8 Å². The molecule has 1 saturated carbocycles. The maximum Gasteiger partial charge on any atom is 0.250 e. The molecule has 0 spiro atoms. The number of aromatic nitrogens is 4. The topological polar surface area (TPSA) is 84.1 Å². The molecule has 0 bridgehead atoms. The second-order valence-electron chi connectivity index (χ2n) is 8.50. The third-order valence-electron chi connectivity index (χ3n) is 6.52. The Kier molecular flexibility index (Phi) is 6.21. The predicted molar refractivity (Wildman–Crippen MR) is 122 cm³/mol. The third-order valence-corrected chi connectivity index (χ3v) is 6.52. The largest absolute Gasteiger partial charge is 0.507 e. The molecular weight excluding hydrogens is 409 g/mol. The smallest absolute Gasteiger partial charge is 0.250 e. The number of hydrogen-bond acceptors (Lipinski definition) is 6. The molecule has 32 heavy (non-hydrogen) atoms. The summed E-state index contributed by atoms with van der Waals surface area (Å²) in [6.45, 7) is 2.03. The number of phenolic OH excluding ortho intramolecular Hbond substituents is 1. The molecule has 3 atom stereocenters. The van der Waals surface area contributed by atoms with Crippen LogP contribution in [0.3, 0.4) is 0 Å². The summed E-state index contributed by atoms with van der Waals surface area (Å²) < 4.78 is 15.5. The fourth-order valence-corrected chi connectivity index (χ4v) is 4.35. The molecule has 1 aromatic carbocycles. The lowest BCUT2D eigenvalue weighted by Gasteiger charge is -2.37. The lowest BCUT2D eigenvalue weighted by molar-refractivity contribution is 0.147. The number of rotatable bonds is 5. The molecule has 1 aliphatic rings. The summed E-state index contributed by atoms with van der Waals surface area (Å²) in [4.78, 5) is 18.3. The Bertz CT molecular complexity index is 1150. The summed E-state index contributed by atoms with van der Waals surface area (Å²) in [6.07, 6.45) is 5.58. The molecule has 1 fully saturated rings. The van der Waals surface area contributed by atoms with E-state index in [-0.39, 0.29) is 23.3 Å². The fourth-order valence-electron chi connectivity index (χ4n) is 4.35. The molecule has 1 N–H and O–H groups in total. The van der Waals surface area contributed by atoms with Gasteiger partial charge < -0.3 is 14.6 Å². The monoisotopic (exact) mass is 437 g/mol. The number of halogens is 1. The Morgan fingerprint density at radius 2 is 1.97 bits per heavy atom. The van der Waals surface area contributed by atoms with Crippen molar-refractivity contribution in [1.82, 2.24) is 19.7 Å². The summed E-state index contributed by atoms with van der Waals surface area (Å²) in [5.74, 6) is 1.03. The van der Waals surface area contributed by atoms with E-state index in [0.717, 1.165) is 30.4 Å². The third kappa shape index (κ3) is 4.35. The molecule has 1 aliphatic carbocycles. The van der Waals surface area contributed by atoms with Gasteiger partial charge >= 0.3 is 0 Å². The molecule has 168 valence electrons. The second kappa shape index (κ2) is 9.06. The van der Waals surface area contributed by atoms with E-state index in [1.807, 2.05) is 31.0 Å². The number of aromatic hydroxyl groups is 1. The van der Waals surface area contributed by atoms with Crippen molar-refractivity contribution in [3.05, 3.63) is 53.1 Å². The minimum Gasteiger partial charge on any atom is -0.507 e. The van der Waals surface area contributed by atoms with Crippen molar-refractivity contribution in [3.63, 3.8) is 0 Å². The number of anilines is 1. The molecule has 0 radical (unpaired) electrons. The second-order valence-corrected chi connectivity index (χ2v) is 8.50. The van der Waals surface area contributed by atoms with Crippen molar-refractivity contribution < 1.29 is 9.50 Å². The lowest BCUT2D eigenvalue weighted by atomic mass is 9.82. The lowest BCUT2D eigenvalue weighted by Crippen LogP contribution is -2.40. The minimum absolute atomic E-state index is 0.0122. The van der Waals surface area contributed by atoms with Crippen LogP contribution in [0.15, 0.2) is 47.5 Å². The molecule has 0 aliphatic heterocycles. The van der Waals surface area contributed by atoms with Crippen molar-refractivity contribution in [3.8, 4) is 28.3 Å². The van der Waals surface area contributed by atoms with Gasteiger partial charge in [-0.25, -0.2) is 9.37 Å². The average Bonchev–Trinajstić information content (AvgIpc) is 2.81. The highest BCUT2D eigenvalue weighted by Gasteiger charge is 2.31. The van der Waals surface area contributed by atoms with E-state index in [4.69, 9.17) is 0 Å². The number of pyridine rings is 1. The van der Waals surface area contributed by atoms with E-state index in [1.165, 1.54) is 10.6 Å². The Hall–Kier alpha value is -3.29. The normalized spacial score (nSPS) is 20.8. The Morgan fingerprint density at radius 3 is 2.62 bits per heavy atom. The molecule has 8 heteroatoms. The van der Waals surface area contributed by atoms with Gasteiger partial charge in [-0.1, -0.05) is 19.4 Å². The van der Waals surface area contributed by atoms with E-state index in [2.05, 4.69) is 15.2 Å². The van der Waals surface area contributed by atoms with Crippen LogP contribution in [-0.2, 0) is 7.05 Å². The Labute approximate surface area is 186 Å². The quantitative estimate of drug-likeness (QED) is 0.650. The number of aryl methyl sites for hydroxylation is 1. The summed E-state index contributed by atoms with van der Waals surface area (Å²) in [7, 11) is 3.63. The standard InChI is InChI=1S/C24H28FN5O2/c1-4-15-11-18(6-8-20(15)25)30(3)22-14-26-24(28-27-22)19-7-5-16(12-21(19)31)17-9-10-29(2)23(32)13-17/h5,7,9-10,12-15,18,20,31H,4,6,8,11H2,1-3H3/t15-,18+,20+/m1/s1. The summed E-state index contributed by atoms with van der Waals surface area (Å²) in [5.41, 5.74) is 1.79. The molecule has 3 aromatic rings. The van der Waals surface area contributed by atoms with Gasteiger partial charge in [-0.15, -0.1) is 10.2 Å². The maximum absolute atomic E-state index is 14.0. The van der Waals surface area contributed by atoms with Crippen LogP contribution in [0.5, 0.6) is 5.75 Å². The first-order valence-corrected chi connectivity index (χ1v) is 10.9. The van der Waals surface area contributed by atoms with E-state index in [0.29, 0.717) is 23.6 Å². The zero-order valence-corrected chi connectivity index (χ0v) is 18.6. The van der Waals surface area contributed by atoms with Crippen molar-refractivity contribution in [1.29, 1.82) is 0 Å². The van der Waals surface area contributed by atoms with Crippen LogP contribution in [-0.4, -0.2) is 44.1 Å². The predicted octanol–water partition coefficient (Wildman–Crippen LogP) is 3.96. The molecular formula is C24H28FN5O2. The molecule has 0 amide bonds. The molecule has 4 rings (SSSR count). The van der Waals surface area contributed by atoms with E-state index < -0.39 is 6.17 Å². The first kappa shape index (κ1) is 21.9. The van der Waals surface area contributed by atoms with Gasteiger partial charge in [0.15, 0.2) is 11.6 Å². The summed E-state index contributed by atoms with van der Waals surface area (Å²) >= 11 is 0. The number of benzene rings is 1. The van der Waals surface area contributed by atoms with Gasteiger partial charge in [0, 0.05) is 32.4 Å². The minimum atomic E-state index is -0.721. The van der Waals surface area contributed by atoms with E-state index in [9.17, 15) is 14.3 Å². The average molecular weight is 438 g/mol. The van der Waals surface area contributed by atoms with Gasteiger partial charge in [-0.05, 0) is 54.5 Å². The zero-order valence-electron chi connectivity index (χ0n) is 18.6. The highest BCUT2D eigenvalue weighted by atomic mass is 19.1. The number of phenols is 1. The Morgan fingerprint density at radius 1 is 1.19 bits per heavy atom. The summed E-state index contributed by atoms with van der Waals surface area (Å²) in [5, 5.41) is 19.1. The van der Waals surface area contributed by atoms with Gasteiger partial charge in [0.1, 0.15) is 11.9 Å². The molecule has 0 saturated heterocycles. The van der Waals surface area contributed by atoms with Crippen LogP contribution < -0.4 is 10.5 Å². The maximum atomic E-state index is 14.0. The van der Waals surface area contributed by atoms with Crippen LogP contribution in [0.4, 0.5) is 10.2 Å². The molecule has 0 unspecified atom stereocenters. The van der Waals surface area contributed by atoms with Crippen LogP contribution in [0.25, 0.3) is 22.5 Å². The van der Waals surface area contributed by atoms with Crippen LogP contribution in [0, 0.1) is 5.92 Å². The fraction of sp³-hybridized carbons (Fsp3) is 0.417. The van der Waals surface area contributed by atoms with Crippen molar-refractivity contribution in [2.45, 2.75) is 44.8 Å². The van der Waals surface area contributed by atoms with E-state index in [1.54, 1.807) is 31.6 Å². The first-order valence-electron chi connectivity index (χ1n) is 10.9. The number of hydrogen-bond donors (Lipinski definition) is 1. The van der Waals surface area contributed by atoms with Crippen molar-refractivity contribution >= 4 is 5.82 Å². The van der Waals surface area contributed by atoms with E-state index >= 15 is 0 Å².